The zero-order valence-corrected chi connectivity index (χ0v) is 10.1. The maximum absolute atomic E-state index is 11.8. The number of hydrogen-bond acceptors (Lipinski definition) is 4. The Hall–Kier alpha value is -1.40. The average Bonchev–Trinajstić information content (AvgIpc) is 2.23. The molecule has 1 N–H and O–H groups in total. The van der Waals surface area contributed by atoms with E-state index < -0.39 is 15.9 Å². The maximum atomic E-state index is 11.8. The molecule has 1 fully saturated rings. The van der Waals surface area contributed by atoms with E-state index in [1.165, 1.54) is 29.2 Å². The lowest BCUT2D eigenvalue weighted by atomic mass is 10.1. The van der Waals surface area contributed by atoms with Crippen molar-refractivity contribution in [1.82, 2.24) is 4.90 Å². The van der Waals surface area contributed by atoms with Gasteiger partial charge in [-0.15, -0.1) is 0 Å². The summed E-state index contributed by atoms with van der Waals surface area (Å²) in [6.07, 6.45) is 0.685. The Morgan fingerprint density at radius 1 is 1.29 bits per heavy atom. The first-order valence-electron chi connectivity index (χ1n) is 5.15. The van der Waals surface area contributed by atoms with Crippen LogP contribution in [0.1, 0.15) is 10.4 Å². The number of sulfone groups is 1. The molecule has 0 saturated carbocycles. The molecule has 1 aliphatic heterocycles. The molecule has 0 bridgehead atoms. The summed E-state index contributed by atoms with van der Waals surface area (Å²) in [6.45, 7) is 0.680. The van der Waals surface area contributed by atoms with Gasteiger partial charge in [0.25, 0.3) is 5.91 Å². The van der Waals surface area contributed by atoms with Gasteiger partial charge < -0.3 is 10.0 Å². The summed E-state index contributed by atoms with van der Waals surface area (Å²) in [5.74, 6) is -0.185. The number of carbonyl (C=O) groups is 1. The lowest BCUT2D eigenvalue weighted by Crippen LogP contribution is -2.53. The highest BCUT2D eigenvalue weighted by atomic mass is 32.2. The molecule has 1 heterocycles. The summed E-state index contributed by atoms with van der Waals surface area (Å²) < 4.78 is 22.5. The molecule has 0 aliphatic carbocycles. The third-order valence-electron chi connectivity index (χ3n) is 2.68. The van der Waals surface area contributed by atoms with E-state index in [2.05, 4.69) is 0 Å². The minimum atomic E-state index is -3.23. The Bertz CT molecular complexity index is 529. The predicted octanol–water partition coefficient (Wildman–Crippen LogP) is -0.0932. The van der Waals surface area contributed by atoms with E-state index >= 15 is 0 Å². The van der Waals surface area contributed by atoms with E-state index in [0.29, 0.717) is 18.7 Å². The zero-order valence-electron chi connectivity index (χ0n) is 9.33. The summed E-state index contributed by atoms with van der Waals surface area (Å²) in [6, 6.07) is 5.81. The van der Waals surface area contributed by atoms with E-state index in [0.717, 1.165) is 6.26 Å². The van der Waals surface area contributed by atoms with Gasteiger partial charge in [0, 0.05) is 24.9 Å². The normalized spacial score (nSPS) is 16.7. The average molecular weight is 255 g/mol. The first-order chi connectivity index (χ1) is 7.88. The van der Waals surface area contributed by atoms with Crippen molar-refractivity contribution in [2.24, 2.45) is 0 Å². The van der Waals surface area contributed by atoms with Gasteiger partial charge >= 0.3 is 0 Å². The molecule has 0 spiro atoms. The molecule has 1 aromatic rings. The summed E-state index contributed by atoms with van der Waals surface area (Å²) in [5.41, 5.74) is 0.435. The van der Waals surface area contributed by atoms with E-state index in [4.69, 9.17) is 5.11 Å². The molecular weight excluding hydrogens is 242 g/mol. The van der Waals surface area contributed by atoms with Crippen molar-refractivity contribution in [1.29, 1.82) is 0 Å². The highest BCUT2D eigenvalue weighted by molar-refractivity contribution is 7.90. The van der Waals surface area contributed by atoms with E-state index in [9.17, 15) is 13.2 Å². The van der Waals surface area contributed by atoms with Crippen molar-refractivity contribution < 1.29 is 18.3 Å². The summed E-state index contributed by atoms with van der Waals surface area (Å²) in [4.78, 5) is 13.5. The van der Waals surface area contributed by atoms with Gasteiger partial charge in [0.15, 0.2) is 9.84 Å². The Labute approximate surface area is 99.6 Å². The Kier molecular flexibility index (Phi) is 2.92. The number of hydrogen-bond donors (Lipinski definition) is 1. The van der Waals surface area contributed by atoms with Crippen LogP contribution in [0.25, 0.3) is 0 Å². The second-order valence-corrected chi connectivity index (χ2v) is 6.18. The van der Waals surface area contributed by atoms with Crippen LogP contribution in [0, 0.1) is 0 Å². The van der Waals surface area contributed by atoms with Gasteiger partial charge in [-0.2, -0.15) is 0 Å². The van der Waals surface area contributed by atoms with Crippen LogP contribution in [0.5, 0.6) is 0 Å². The molecule has 0 aromatic heterocycles. The molecule has 5 nitrogen and oxygen atoms in total. The van der Waals surface area contributed by atoms with Crippen molar-refractivity contribution >= 4 is 15.7 Å². The van der Waals surface area contributed by atoms with Gasteiger partial charge in [-0.3, -0.25) is 4.79 Å². The Morgan fingerprint density at radius 3 is 2.24 bits per heavy atom. The number of nitrogens with zero attached hydrogens (tertiary/aromatic N) is 1. The van der Waals surface area contributed by atoms with Gasteiger partial charge in [0.05, 0.1) is 11.0 Å². The number of likely N-dealkylation sites (tertiary alicyclic amines) is 1. The minimum absolute atomic E-state index is 0.185. The summed E-state index contributed by atoms with van der Waals surface area (Å²) in [5, 5.41) is 9.09. The van der Waals surface area contributed by atoms with Gasteiger partial charge in [-0.25, -0.2) is 8.42 Å². The third-order valence-corrected chi connectivity index (χ3v) is 3.81. The van der Waals surface area contributed by atoms with Crippen molar-refractivity contribution in [3.05, 3.63) is 29.8 Å². The summed E-state index contributed by atoms with van der Waals surface area (Å²) in [7, 11) is -3.23. The number of aliphatic hydroxyl groups is 1. The van der Waals surface area contributed by atoms with Crippen LogP contribution in [0.2, 0.25) is 0 Å². The Balaban J connectivity index is 2.16. The molecule has 1 aromatic carbocycles. The van der Waals surface area contributed by atoms with Gasteiger partial charge in [-0.05, 0) is 24.3 Å². The van der Waals surface area contributed by atoms with Crippen LogP contribution in [0.3, 0.4) is 0 Å². The van der Waals surface area contributed by atoms with E-state index in [1.54, 1.807) is 0 Å². The first kappa shape index (κ1) is 12.1. The minimum Gasteiger partial charge on any atom is -0.389 e. The number of rotatable bonds is 2. The van der Waals surface area contributed by atoms with E-state index in [-0.39, 0.29) is 10.8 Å². The van der Waals surface area contributed by atoms with Crippen LogP contribution in [-0.4, -0.2) is 49.8 Å². The highest BCUT2D eigenvalue weighted by Gasteiger charge is 2.29. The molecule has 1 amide bonds. The fourth-order valence-electron chi connectivity index (χ4n) is 1.65. The van der Waals surface area contributed by atoms with Crippen molar-refractivity contribution in [2.75, 3.05) is 19.3 Å². The van der Waals surface area contributed by atoms with Gasteiger partial charge in [0.1, 0.15) is 0 Å². The topological polar surface area (TPSA) is 74.7 Å². The first-order valence-corrected chi connectivity index (χ1v) is 7.04. The molecular formula is C11H13NO4S. The number of β-amino-alcohol motifs (C(OH)–C–C–N with tert-alkyl or cyclic N) is 1. The second kappa shape index (κ2) is 4.12. The van der Waals surface area contributed by atoms with Gasteiger partial charge in [-0.1, -0.05) is 0 Å². The molecule has 17 heavy (non-hydrogen) atoms. The zero-order chi connectivity index (χ0) is 12.6. The van der Waals surface area contributed by atoms with Crippen LogP contribution >= 0.6 is 0 Å². The van der Waals surface area contributed by atoms with Crippen LogP contribution in [0.4, 0.5) is 0 Å². The Morgan fingerprint density at radius 2 is 1.82 bits per heavy atom. The van der Waals surface area contributed by atoms with Crippen LogP contribution in [-0.2, 0) is 9.84 Å². The molecule has 1 saturated heterocycles. The fourth-order valence-corrected chi connectivity index (χ4v) is 2.28. The van der Waals surface area contributed by atoms with Gasteiger partial charge in [0.2, 0.25) is 0 Å². The lowest BCUT2D eigenvalue weighted by molar-refractivity contribution is 0.00589. The monoisotopic (exact) mass is 255 g/mol. The molecule has 0 atom stereocenters. The molecule has 2 rings (SSSR count). The predicted molar refractivity (Wildman–Crippen MR) is 61.5 cm³/mol. The standard InChI is InChI=1S/C11H13NO4S/c1-17(15,16)10-4-2-8(3-5-10)11(14)12-6-9(13)7-12/h2-5,9,13H,6-7H2,1H3. The summed E-state index contributed by atoms with van der Waals surface area (Å²) >= 11 is 0. The van der Waals surface area contributed by atoms with Crippen LogP contribution in [0.15, 0.2) is 29.2 Å². The number of benzene rings is 1. The fraction of sp³-hybridized carbons (Fsp3) is 0.364. The second-order valence-electron chi connectivity index (χ2n) is 4.16. The quantitative estimate of drug-likeness (QED) is 0.801. The largest absolute Gasteiger partial charge is 0.389 e. The molecule has 6 heteroatoms. The van der Waals surface area contributed by atoms with E-state index in [1.807, 2.05) is 0 Å². The SMILES string of the molecule is CS(=O)(=O)c1ccc(C(=O)N2CC(O)C2)cc1. The van der Waals surface area contributed by atoms with Crippen molar-refractivity contribution in [3.8, 4) is 0 Å². The molecule has 0 unspecified atom stereocenters. The molecule has 92 valence electrons. The van der Waals surface area contributed by atoms with Crippen LogP contribution < -0.4 is 0 Å². The highest BCUT2D eigenvalue weighted by Crippen LogP contribution is 2.15. The molecule has 0 radical (unpaired) electrons. The maximum Gasteiger partial charge on any atom is 0.254 e. The number of aliphatic hydroxyl groups excluding tert-OH is 1. The smallest absolute Gasteiger partial charge is 0.254 e. The number of carbonyl (C=O) groups excluding carboxylic acids is 1. The third kappa shape index (κ3) is 2.48. The van der Waals surface area contributed by atoms with Crippen molar-refractivity contribution in [2.45, 2.75) is 11.0 Å². The van der Waals surface area contributed by atoms with Crippen molar-refractivity contribution in [3.63, 3.8) is 0 Å². The molecule has 1 aliphatic rings. The number of amides is 1. The lowest BCUT2D eigenvalue weighted by Gasteiger charge is -2.35.